The molecule has 0 aliphatic heterocycles. The van der Waals surface area contributed by atoms with Crippen LogP contribution in [0.1, 0.15) is 28.7 Å². The summed E-state index contributed by atoms with van der Waals surface area (Å²) in [5, 5.41) is 11.7. The number of nitrogens with one attached hydrogen (secondary N) is 1. The molecule has 0 saturated heterocycles. The van der Waals surface area contributed by atoms with Crippen LogP contribution in [-0.4, -0.2) is 30.9 Å². The molecule has 7 nitrogen and oxygen atoms in total. The molecule has 0 aliphatic rings. The second-order valence-corrected chi connectivity index (χ2v) is 7.54. The minimum atomic E-state index is -0.373. The summed E-state index contributed by atoms with van der Waals surface area (Å²) in [7, 11) is 0. The smallest absolute Gasteiger partial charge is 0.278 e. The number of hydrogen-bond acceptors (Lipinski definition) is 6. The van der Waals surface area contributed by atoms with Crippen LogP contribution in [0.4, 0.5) is 10.1 Å². The summed E-state index contributed by atoms with van der Waals surface area (Å²) in [6, 6.07) is 15.2. The number of anilines is 1. The van der Waals surface area contributed by atoms with Crippen LogP contribution in [0.2, 0.25) is 0 Å². The monoisotopic (exact) mass is 434 g/mol. The maximum Gasteiger partial charge on any atom is 0.278 e. The Morgan fingerprint density at radius 2 is 1.77 bits per heavy atom. The van der Waals surface area contributed by atoms with Gasteiger partial charge in [-0.3, -0.25) is 4.79 Å². The fourth-order valence-electron chi connectivity index (χ4n) is 2.90. The minimum absolute atomic E-state index is 0.187. The van der Waals surface area contributed by atoms with Gasteiger partial charge in [-0.15, -0.1) is 5.10 Å². The fraction of sp³-hybridized carbons (Fsp3) is 0.136. The molecule has 0 aliphatic carbocycles. The average molecular weight is 435 g/mol. The van der Waals surface area contributed by atoms with E-state index in [0.29, 0.717) is 28.0 Å². The van der Waals surface area contributed by atoms with Gasteiger partial charge in [0.25, 0.3) is 5.91 Å². The Labute approximate surface area is 182 Å². The number of halogens is 1. The molecule has 9 heteroatoms. The summed E-state index contributed by atoms with van der Waals surface area (Å²) in [6.45, 7) is 2.07. The molecule has 4 rings (SSSR count). The summed E-state index contributed by atoms with van der Waals surface area (Å²) in [5.41, 5.74) is 3.20. The average Bonchev–Trinajstić information content (AvgIpc) is 3.23. The van der Waals surface area contributed by atoms with Crippen LogP contribution >= 0.6 is 11.8 Å². The highest BCUT2D eigenvalue weighted by Crippen LogP contribution is 2.23. The highest BCUT2D eigenvalue weighted by atomic mass is 32.2. The summed E-state index contributed by atoms with van der Waals surface area (Å²) in [6.07, 6.45) is 4.22. The van der Waals surface area contributed by atoms with Crippen molar-refractivity contribution in [1.82, 2.24) is 25.0 Å². The third-order valence-electron chi connectivity index (χ3n) is 4.55. The number of hydrogen-bond donors (Lipinski definition) is 1. The number of benzene rings is 2. The normalized spacial score (nSPS) is 10.8. The molecule has 31 heavy (non-hydrogen) atoms. The van der Waals surface area contributed by atoms with Crippen molar-refractivity contribution in [2.24, 2.45) is 0 Å². The number of carbonyl (C=O) groups excluding carboxylic acids is 1. The molecule has 0 radical (unpaired) electrons. The fourth-order valence-corrected chi connectivity index (χ4v) is 3.70. The molecule has 0 atom stereocenters. The lowest BCUT2D eigenvalue weighted by Crippen LogP contribution is -2.15. The summed E-state index contributed by atoms with van der Waals surface area (Å²) in [5.74, 6) is -0.375. The van der Waals surface area contributed by atoms with Crippen LogP contribution in [0, 0.1) is 5.82 Å². The molecule has 0 unspecified atom stereocenters. The summed E-state index contributed by atoms with van der Waals surface area (Å²) in [4.78, 5) is 21.4. The molecule has 0 spiro atoms. The van der Waals surface area contributed by atoms with Crippen LogP contribution in [-0.2, 0) is 12.2 Å². The predicted molar refractivity (Wildman–Crippen MR) is 117 cm³/mol. The predicted octanol–water partition coefficient (Wildman–Crippen LogP) is 4.30. The maximum absolute atomic E-state index is 13.4. The largest absolute Gasteiger partial charge is 0.321 e. The van der Waals surface area contributed by atoms with Crippen LogP contribution < -0.4 is 5.32 Å². The third kappa shape index (κ3) is 4.95. The van der Waals surface area contributed by atoms with E-state index in [1.165, 1.54) is 34.1 Å². The lowest BCUT2D eigenvalue weighted by Gasteiger charge is -2.09. The number of thioether (sulfide) groups is 1. The van der Waals surface area contributed by atoms with Gasteiger partial charge in [0.05, 0.1) is 11.4 Å². The van der Waals surface area contributed by atoms with Gasteiger partial charge >= 0.3 is 0 Å². The Morgan fingerprint density at radius 3 is 2.45 bits per heavy atom. The Hall–Kier alpha value is -3.59. The first kappa shape index (κ1) is 20.7. The van der Waals surface area contributed by atoms with E-state index in [9.17, 15) is 9.18 Å². The van der Waals surface area contributed by atoms with E-state index in [4.69, 9.17) is 0 Å². The van der Waals surface area contributed by atoms with Crippen molar-refractivity contribution >= 4 is 23.4 Å². The third-order valence-corrected chi connectivity index (χ3v) is 5.44. The Balaban J connectivity index is 1.63. The van der Waals surface area contributed by atoms with Gasteiger partial charge in [0, 0.05) is 23.8 Å². The lowest BCUT2D eigenvalue weighted by molar-refractivity contribution is 0.102. The summed E-state index contributed by atoms with van der Waals surface area (Å²) >= 11 is 1.36. The van der Waals surface area contributed by atoms with Crippen molar-refractivity contribution in [3.05, 3.63) is 89.8 Å². The minimum Gasteiger partial charge on any atom is -0.321 e. The van der Waals surface area contributed by atoms with Gasteiger partial charge in [0.15, 0.2) is 10.9 Å². The van der Waals surface area contributed by atoms with Gasteiger partial charge in [0.2, 0.25) is 0 Å². The molecule has 2 aromatic heterocycles. The van der Waals surface area contributed by atoms with Gasteiger partial charge in [-0.25, -0.2) is 19.0 Å². The number of aromatic nitrogens is 5. The van der Waals surface area contributed by atoms with Gasteiger partial charge in [-0.1, -0.05) is 36.0 Å². The maximum atomic E-state index is 13.4. The zero-order chi connectivity index (χ0) is 21.6. The summed E-state index contributed by atoms with van der Waals surface area (Å²) < 4.78 is 14.9. The number of rotatable bonds is 7. The van der Waals surface area contributed by atoms with E-state index in [1.807, 2.05) is 24.3 Å². The molecule has 1 N–H and O–H groups in total. The van der Waals surface area contributed by atoms with Gasteiger partial charge in [-0.2, -0.15) is 0 Å². The van der Waals surface area contributed by atoms with E-state index in [1.54, 1.807) is 30.6 Å². The Kier molecular flexibility index (Phi) is 6.32. The zero-order valence-electron chi connectivity index (χ0n) is 16.7. The Morgan fingerprint density at radius 1 is 1.06 bits per heavy atom. The van der Waals surface area contributed by atoms with E-state index in [-0.39, 0.29) is 17.4 Å². The molecule has 156 valence electrons. The van der Waals surface area contributed by atoms with Crippen molar-refractivity contribution < 1.29 is 9.18 Å². The lowest BCUT2D eigenvalue weighted by atomic mass is 10.1. The molecule has 2 heterocycles. The standard InChI is InChI=1S/C22H19FN6OS/c1-2-15-4-8-17(9-5-15)26-21(30)20-19(14-31-22-24-12-3-13-25-22)29(28-27-20)18-10-6-16(23)7-11-18/h3-13H,2,14H2,1H3,(H,26,30). The number of carbonyl (C=O) groups is 1. The van der Waals surface area contributed by atoms with Gasteiger partial charge in [0.1, 0.15) is 5.82 Å². The highest BCUT2D eigenvalue weighted by Gasteiger charge is 2.21. The van der Waals surface area contributed by atoms with E-state index >= 15 is 0 Å². The molecule has 0 bridgehead atoms. The SMILES string of the molecule is CCc1ccc(NC(=O)c2nnn(-c3ccc(F)cc3)c2CSc2ncccn2)cc1. The number of amides is 1. The van der Waals surface area contributed by atoms with E-state index in [0.717, 1.165) is 6.42 Å². The number of aryl methyl sites for hydroxylation is 1. The molecular formula is C22H19FN6OS. The quantitative estimate of drug-likeness (QED) is 0.345. The molecule has 0 saturated carbocycles. The van der Waals surface area contributed by atoms with Crippen molar-refractivity contribution in [3.63, 3.8) is 0 Å². The van der Waals surface area contributed by atoms with E-state index < -0.39 is 0 Å². The first-order chi connectivity index (χ1) is 15.1. The topological polar surface area (TPSA) is 85.6 Å². The van der Waals surface area contributed by atoms with Crippen molar-refractivity contribution in [2.45, 2.75) is 24.3 Å². The zero-order valence-corrected chi connectivity index (χ0v) is 17.5. The van der Waals surface area contributed by atoms with Crippen LogP contribution in [0.5, 0.6) is 0 Å². The number of nitrogens with zero attached hydrogens (tertiary/aromatic N) is 5. The second-order valence-electron chi connectivity index (χ2n) is 6.60. The van der Waals surface area contributed by atoms with Crippen LogP contribution in [0.15, 0.2) is 72.1 Å². The molecule has 4 aromatic rings. The van der Waals surface area contributed by atoms with E-state index in [2.05, 4.69) is 32.5 Å². The molecule has 1 amide bonds. The first-order valence-corrected chi connectivity index (χ1v) is 10.6. The van der Waals surface area contributed by atoms with Crippen molar-refractivity contribution in [1.29, 1.82) is 0 Å². The van der Waals surface area contributed by atoms with Crippen molar-refractivity contribution in [2.75, 3.05) is 5.32 Å². The van der Waals surface area contributed by atoms with Crippen LogP contribution in [0.3, 0.4) is 0 Å². The molecule has 0 fully saturated rings. The van der Waals surface area contributed by atoms with Crippen molar-refractivity contribution in [3.8, 4) is 5.69 Å². The van der Waals surface area contributed by atoms with Crippen LogP contribution in [0.25, 0.3) is 5.69 Å². The molecular weight excluding hydrogens is 415 g/mol. The van der Waals surface area contributed by atoms with Gasteiger partial charge in [-0.05, 0) is 54.4 Å². The Bertz CT molecular complexity index is 1160. The van der Waals surface area contributed by atoms with Gasteiger partial charge < -0.3 is 5.32 Å². The molecule has 2 aromatic carbocycles. The highest BCUT2D eigenvalue weighted by molar-refractivity contribution is 7.98. The second kappa shape index (κ2) is 9.48. The first-order valence-electron chi connectivity index (χ1n) is 9.64.